The third kappa shape index (κ3) is 6.47. The van der Waals surface area contributed by atoms with Crippen molar-refractivity contribution in [3.05, 3.63) is 125 Å². The average molecular weight is 568 g/mol. The third-order valence-electron chi connectivity index (χ3n) is 7.20. The predicted octanol–water partition coefficient (Wildman–Crippen LogP) is 5.50. The molecule has 1 aliphatic carbocycles. The number of hydrogen-bond acceptors (Lipinski definition) is 5. The van der Waals surface area contributed by atoms with E-state index in [1.807, 2.05) is 78.9 Å². The Labute approximate surface area is 242 Å². The number of nitrogens with one attached hydrogen (secondary N) is 2. The molecule has 0 saturated carbocycles. The Balaban J connectivity index is 1.25. The number of carbonyl (C=O) groups excluding carboxylic acids is 2. The highest BCUT2D eigenvalue weighted by Crippen LogP contribution is 2.44. The molecule has 0 bridgehead atoms. The molecule has 3 N–H and O–H groups in total. The second kappa shape index (κ2) is 12.7. The smallest absolute Gasteiger partial charge is 0.411 e. The van der Waals surface area contributed by atoms with Gasteiger partial charge in [0.25, 0.3) is 5.91 Å². The highest BCUT2D eigenvalue weighted by Gasteiger charge is 2.29. The van der Waals surface area contributed by atoms with Gasteiger partial charge in [-0.2, -0.15) is 0 Å². The summed E-state index contributed by atoms with van der Waals surface area (Å²) in [5.74, 6) is -2.97. The Kier molecular flexibility index (Phi) is 8.59. The van der Waals surface area contributed by atoms with Crippen LogP contribution in [0.3, 0.4) is 0 Å². The molecule has 4 aromatic rings. The quantitative estimate of drug-likeness (QED) is 0.234. The summed E-state index contributed by atoms with van der Waals surface area (Å²) in [4.78, 5) is 39.7. The Bertz CT molecular complexity index is 1570. The van der Waals surface area contributed by atoms with Crippen LogP contribution in [-0.4, -0.2) is 54.2 Å². The maximum Gasteiger partial charge on any atom is 0.411 e. The standard InChI is InChI=1S/C33H30FN3O5/c1-37(18-21-9-3-2-4-10-21)19-30(32(39)40)35-31(38)27-17-22(34)15-16-29(27)36-33(41)42-20-28-25-13-7-5-11-23(25)24-12-6-8-14-26(24)28/h2-17,28,30H,18-20H2,1H3,(H,35,38)(H,36,41)(H,39,40). The van der Waals surface area contributed by atoms with Crippen LogP contribution in [-0.2, 0) is 16.1 Å². The monoisotopic (exact) mass is 567 g/mol. The second-order valence-corrected chi connectivity index (χ2v) is 10.2. The lowest BCUT2D eigenvalue weighted by molar-refractivity contribution is -0.139. The Morgan fingerprint density at radius 2 is 1.52 bits per heavy atom. The van der Waals surface area contributed by atoms with E-state index < -0.39 is 29.8 Å². The van der Waals surface area contributed by atoms with Crippen LogP contribution >= 0.6 is 0 Å². The van der Waals surface area contributed by atoms with Crippen LogP contribution in [0.4, 0.5) is 14.9 Å². The zero-order valence-corrected chi connectivity index (χ0v) is 22.9. The molecule has 4 aromatic carbocycles. The van der Waals surface area contributed by atoms with Crippen molar-refractivity contribution in [3.8, 4) is 11.1 Å². The van der Waals surface area contributed by atoms with Gasteiger partial charge < -0.3 is 15.2 Å². The number of halogens is 1. The molecule has 214 valence electrons. The summed E-state index contributed by atoms with van der Waals surface area (Å²) >= 11 is 0. The summed E-state index contributed by atoms with van der Waals surface area (Å²) < 4.78 is 19.7. The number of likely N-dealkylation sites (N-methyl/N-ethyl adjacent to an activating group) is 1. The van der Waals surface area contributed by atoms with Crippen molar-refractivity contribution in [1.29, 1.82) is 0 Å². The van der Waals surface area contributed by atoms with Crippen LogP contribution in [0.5, 0.6) is 0 Å². The Morgan fingerprint density at radius 1 is 0.905 bits per heavy atom. The second-order valence-electron chi connectivity index (χ2n) is 10.2. The molecule has 8 nitrogen and oxygen atoms in total. The molecule has 0 spiro atoms. The van der Waals surface area contributed by atoms with Crippen molar-refractivity contribution in [2.45, 2.75) is 18.5 Å². The average Bonchev–Trinajstić information content (AvgIpc) is 3.30. The molecule has 0 aliphatic heterocycles. The highest BCUT2D eigenvalue weighted by molar-refractivity contribution is 6.04. The first-order valence-electron chi connectivity index (χ1n) is 13.5. The maximum absolute atomic E-state index is 14.2. The fraction of sp³-hybridized carbons (Fsp3) is 0.182. The van der Waals surface area contributed by atoms with Crippen LogP contribution in [0.1, 0.15) is 33.0 Å². The number of benzene rings is 4. The van der Waals surface area contributed by atoms with E-state index in [9.17, 15) is 23.9 Å². The van der Waals surface area contributed by atoms with E-state index >= 15 is 0 Å². The summed E-state index contributed by atoms with van der Waals surface area (Å²) in [5.41, 5.74) is 5.02. The molecule has 1 atom stereocenters. The van der Waals surface area contributed by atoms with E-state index in [1.165, 1.54) is 6.07 Å². The number of fused-ring (bicyclic) bond motifs is 3. The molecule has 0 saturated heterocycles. The van der Waals surface area contributed by atoms with Crippen LogP contribution < -0.4 is 10.6 Å². The van der Waals surface area contributed by atoms with Gasteiger partial charge in [-0.05, 0) is 53.1 Å². The number of ether oxygens (including phenoxy) is 1. The highest BCUT2D eigenvalue weighted by atomic mass is 19.1. The van der Waals surface area contributed by atoms with Gasteiger partial charge >= 0.3 is 12.1 Å². The van der Waals surface area contributed by atoms with Gasteiger partial charge in [0.05, 0.1) is 11.3 Å². The molecule has 1 aliphatic rings. The van der Waals surface area contributed by atoms with Gasteiger partial charge in [-0.3, -0.25) is 15.0 Å². The van der Waals surface area contributed by atoms with Crippen molar-refractivity contribution >= 4 is 23.7 Å². The zero-order chi connectivity index (χ0) is 29.6. The van der Waals surface area contributed by atoms with Crippen molar-refractivity contribution in [2.75, 3.05) is 25.5 Å². The molecule has 0 radical (unpaired) electrons. The van der Waals surface area contributed by atoms with Crippen LogP contribution in [0.2, 0.25) is 0 Å². The largest absolute Gasteiger partial charge is 0.480 e. The van der Waals surface area contributed by atoms with Crippen LogP contribution in [0.25, 0.3) is 11.1 Å². The minimum absolute atomic E-state index is 0.000420. The SMILES string of the molecule is CN(Cc1ccccc1)CC(NC(=O)c1cc(F)ccc1NC(=O)OCC1c2ccccc2-c2ccccc21)C(=O)O. The maximum atomic E-state index is 14.2. The number of anilines is 1. The first-order chi connectivity index (χ1) is 20.3. The van der Waals surface area contributed by atoms with Gasteiger partial charge in [0.1, 0.15) is 18.5 Å². The van der Waals surface area contributed by atoms with E-state index in [-0.39, 0.29) is 30.3 Å². The van der Waals surface area contributed by atoms with Gasteiger partial charge in [0.15, 0.2) is 0 Å². The van der Waals surface area contributed by atoms with E-state index in [2.05, 4.69) is 10.6 Å². The summed E-state index contributed by atoms with van der Waals surface area (Å²) in [6.07, 6.45) is -0.824. The van der Waals surface area contributed by atoms with E-state index in [0.29, 0.717) is 6.54 Å². The molecule has 0 heterocycles. The molecule has 42 heavy (non-hydrogen) atoms. The van der Waals surface area contributed by atoms with Gasteiger partial charge in [-0.15, -0.1) is 0 Å². The lowest BCUT2D eigenvalue weighted by Gasteiger charge is -2.23. The first-order valence-corrected chi connectivity index (χ1v) is 13.5. The Hall–Kier alpha value is -5.02. The third-order valence-corrected chi connectivity index (χ3v) is 7.20. The van der Waals surface area contributed by atoms with Crippen molar-refractivity contribution in [3.63, 3.8) is 0 Å². The van der Waals surface area contributed by atoms with Crippen molar-refractivity contribution in [2.24, 2.45) is 0 Å². The number of aliphatic carboxylic acids is 1. The molecule has 9 heteroatoms. The molecular weight excluding hydrogens is 537 g/mol. The summed E-state index contributed by atoms with van der Waals surface area (Å²) in [5, 5.41) is 14.7. The molecule has 0 fully saturated rings. The fourth-order valence-corrected chi connectivity index (χ4v) is 5.25. The van der Waals surface area contributed by atoms with E-state index in [4.69, 9.17) is 4.74 Å². The Morgan fingerprint density at radius 3 is 2.17 bits per heavy atom. The number of rotatable bonds is 10. The lowest BCUT2D eigenvalue weighted by Crippen LogP contribution is -2.47. The number of nitrogens with zero attached hydrogens (tertiary/aromatic N) is 1. The van der Waals surface area contributed by atoms with E-state index in [0.717, 1.165) is 39.9 Å². The van der Waals surface area contributed by atoms with Gasteiger partial charge in [0.2, 0.25) is 0 Å². The number of amides is 2. The molecular formula is C33H30FN3O5. The minimum Gasteiger partial charge on any atom is -0.480 e. The molecule has 1 unspecified atom stereocenters. The van der Waals surface area contributed by atoms with Crippen molar-refractivity contribution in [1.82, 2.24) is 10.2 Å². The zero-order valence-electron chi connectivity index (χ0n) is 22.9. The van der Waals surface area contributed by atoms with E-state index in [1.54, 1.807) is 11.9 Å². The number of carboxylic acid groups (broad SMARTS) is 1. The molecule has 0 aromatic heterocycles. The number of carbonyl (C=O) groups is 3. The lowest BCUT2D eigenvalue weighted by atomic mass is 9.98. The van der Waals surface area contributed by atoms with Crippen LogP contribution in [0, 0.1) is 5.82 Å². The normalized spacial score (nSPS) is 12.7. The topological polar surface area (TPSA) is 108 Å². The molecule has 2 amide bonds. The summed E-state index contributed by atoms with van der Waals surface area (Å²) in [6, 6.07) is 27.3. The summed E-state index contributed by atoms with van der Waals surface area (Å²) in [6.45, 7) is 0.521. The fourth-order valence-electron chi connectivity index (χ4n) is 5.25. The van der Waals surface area contributed by atoms with Gasteiger partial charge in [0, 0.05) is 19.0 Å². The van der Waals surface area contributed by atoms with Crippen LogP contribution in [0.15, 0.2) is 97.1 Å². The molecule has 5 rings (SSSR count). The minimum atomic E-state index is -1.28. The first kappa shape index (κ1) is 28.5. The predicted molar refractivity (Wildman–Crippen MR) is 157 cm³/mol. The van der Waals surface area contributed by atoms with Gasteiger partial charge in [-0.25, -0.2) is 14.0 Å². The summed E-state index contributed by atoms with van der Waals surface area (Å²) in [7, 11) is 1.74. The number of hydrogen-bond donors (Lipinski definition) is 3. The van der Waals surface area contributed by atoms with Crippen molar-refractivity contribution < 1.29 is 28.6 Å². The number of carboxylic acids is 1. The van der Waals surface area contributed by atoms with Gasteiger partial charge in [-0.1, -0.05) is 78.9 Å².